The van der Waals surface area contributed by atoms with E-state index in [0.717, 1.165) is 11.3 Å². The lowest BCUT2D eigenvalue weighted by Gasteiger charge is -2.08. The lowest BCUT2D eigenvalue weighted by Crippen LogP contribution is -2.30. The van der Waals surface area contributed by atoms with Crippen LogP contribution in [0, 0.1) is 0 Å². The summed E-state index contributed by atoms with van der Waals surface area (Å²) in [4.78, 5) is 12.9. The number of hydrogen-bond acceptors (Lipinski definition) is 5. The van der Waals surface area contributed by atoms with Gasteiger partial charge in [-0.3, -0.25) is 4.79 Å². The largest absolute Gasteiger partial charge is 0.496 e. The molecule has 7 heteroatoms. The molecule has 3 N–H and O–H groups in total. The predicted octanol–water partition coefficient (Wildman–Crippen LogP) is 0.228. The maximum absolute atomic E-state index is 11.7. The van der Waals surface area contributed by atoms with Crippen LogP contribution in [0.5, 0.6) is 5.75 Å². The summed E-state index contributed by atoms with van der Waals surface area (Å²) in [5.41, 5.74) is 6.47. The van der Waals surface area contributed by atoms with Gasteiger partial charge in [-0.05, 0) is 18.1 Å². The summed E-state index contributed by atoms with van der Waals surface area (Å²) in [7, 11) is 1.63. The average Bonchev–Trinajstić information content (AvgIpc) is 2.84. The second-order valence-corrected chi connectivity index (χ2v) is 4.21. The molecule has 2 aromatic rings. The van der Waals surface area contributed by atoms with Crippen LogP contribution in [0.3, 0.4) is 0 Å². The van der Waals surface area contributed by atoms with Crippen molar-refractivity contribution in [3.63, 3.8) is 0 Å². The molecule has 0 saturated carbocycles. The first-order valence-corrected chi connectivity index (χ1v) is 6.23. The Kier molecular flexibility index (Phi) is 4.54. The Hall–Kier alpha value is -2.57. The highest BCUT2D eigenvalue weighted by Gasteiger charge is 2.06. The Bertz CT molecular complexity index is 582. The maximum atomic E-state index is 11.7. The average molecular weight is 275 g/mol. The molecule has 2 rings (SSSR count). The zero-order valence-electron chi connectivity index (χ0n) is 11.2. The van der Waals surface area contributed by atoms with Crippen molar-refractivity contribution >= 4 is 11.7 Å². The zero-order chi connectivity index (χ0) is 14.4. The van der Waals surface area contributed by atoms with E-state index in [1.54, 1.807) is 7.11 Å². The number of nitrogens with one attached hydrogen (secondary N) is 1. The molecule has 1 aromatic carbocycles. The van der Waals surface area contributed by atoms with Gasteiger partial charge < -0.3 is 15.8 Å². The van der Waals surface area contributed by atoms with Crippen LogP contribution in [-0.4, -0.2) is 34.6 Å². The van der Waals surface area contributed by atoms with Crippen LogP contribution in [0.15, 0.2) is 30.5 Å². The minimum atomic E-state index is -0.157. The first-order valence-electron chi connectivity index (χ1n) is 6.23. The van der Waals surface area contributed by atoms with Crippen LogP contribution in [0.2, 0.25) is 0 Å². The SMILES string of the molecule is COc1ccccc1CCNC(=O)Cn1ncc(N)n1. The third kappa shape index (κ3) is 3.71. The van der Waals surface area contributed by atoms with Gasteiger partial charge in [-0.15, -0.1) is 5.10 Å². The Morgan fingerprint density at radius 2 is 2.25 bits per heavy atom. The van der Waals surface area contributed by atoms with E-state index in [1.807, 2.05) is 24.3 Å². The summed E-state index contributed by atoms with van der Waals surface area (Å²) in [5.74, 6) is 0.964. The molecule has 0 aliphatic rings. The molecule has 1 heterocycles. The lowest BCUT2D eigenvalue weighted by atomic mass is 10.1. The first-order chi connectivity index (χ1) is 9.69. The molecule has 0 saturated heterocycles. The molecular weight excluding hydrogens is 258 g/mol. The van der Waals surface area contributed by atoms with Crippen LogP contribution < -0.4 is 15.8 Å². The van der Waals surface area contributed by atoms with Gasteiger partial charge >= 0.3 is 0 Å². The number of nitrogens with two attached hydrogens (primary N) is 1. The van der Waals surface area contributed by atoms with E-state index in [9.17, 15) is 4.79 Å². The van der Waals surface area contributed by atoms with Gasteiger partial charge in [0, 0.05) is 6.54 Å². The van der Waals surface area contributed by atoms with E-state index in [-0.39, 0.29) is 12.5 Å². The van der Waals surface area contributed by atoms with Crippen molar-refractivity contribution in [2.45, 2.75) is 13.0 Å². The van der Waals surface area contributed by atoms with Crippen molar-refractivity contribution in [3.8, 4) is 5.75 Å². The fraction of sp³-hybridized carbons (Fsp3) is 0.308. The molecule has 0 aliphatic heterocycles. The van der Waals surface area contributed by atoms with Crippen molar-refractivity contribution < 1.29 is 9.53 Å². The van der Waals surface area contributed by atoms with Gasteiger partial charge in [0.2, 0.25) is 5.91 Å². The Labute approximate surface area is 116 Å². The molecule has 7 nitrogen and oxygen atoms in total. The highest BCUT2D eigenvalue weighted by Crippen LogP contribution is 2.17. The van der Waals surface area contributed by atoms with Gasteiger partial charge in [-0.2, -0.15) is 9.90 Å². The lowest BCUT2D eigenvalue weighted by molar-refractivity contribution is -0.122. The van der Waals surface area contributed by atoms with Crippen molar-refractivity contribution in [2.75, 3.05) is 19.4 Å². The molecule has 0 unspecified atom stereocenters. The Morgan fingerprint density at radius 3 is 2.95 bits per heavy atom. The Balaban J connectivity index is 1.79. The Morgan fingerprint density at radius 1 is 1.45 bits per heavy atom. The van der Waals surface area contributed by atoms with Crippen molar-refractivity contribution in [3.05, 3.63) is 36.0 Å². The molecule has 1 amide bonds. The van der Waals surface area contributed by atoms with E-state index >= 15 is 0 Å². The van der Waals surface area contributed by atoms with E-state index in [0.29, 0.717) is 18.8 Å². The highest BCUT2D eigenvalue weighted by molar-refractivity contribution is 5.75. The van der Waals surface area contributed by atoms with Gasteiger partial charge in [0.05, 0.1) is 13.3 Å². The normalized spacial score (nSPS) is 10.2. The van der Waals surface area contributed by atoms with Crippen molar-refractivity contribution in [1.82, 2.24) is 20.3 Å². The van der Waals surface area contributed by atoms with E-state index < -0.39 is 0 Å². The number of ether oxygens (including phenoxy) is 1. The van der Waals surface area contributed by atoms with Crippen LogP contribution >= 0.6 is 0 Å². The van der Waals surface area contributed by atoms with E-state index in [4.69, 9.17) is 10.5 Å². The number of carbonyl (C=O) groups is 1. The number of carbonyl (C=O) groups excluding carboxylic acids is 1. The second-order valence-electron chi connectivity index (χ2n) is 4.21. The summed E-state index contributed by atoms with van der Waals surface area (Å²) in [6, 6.07) is 7.72. The summed E-state index contributed by atoms with van der Waals surface area (Å²) in [6.45, 7) is 0.582. The standard InChI is InChI=1S/C13H17N5O2/c1-20-11-5-3-2-4-10(11)6-7-15-13(19)9-18-16-8-12(14)17-18/h2-5,8H,6-7,9H2,1H3,(H2,14,17)(H,15,19). The molecule has 0 aliphatic carbocycles. The quantitative estimate of drug-likeness (QED) is 0.786. The summed E-state index contributed by atoms with van der Waals surface area (Å²) in [5, 5.41) is 10.5. The molecular formula is C13H17N5O2. The number of rotatable bonds is 6. The third-order valence-corrected chi connectivity index (χ3v) is 2.75. The number of hydrogen-bond donors (Lipinski definition) is 2. The molecule has 0 fully saturated rings. The third-order valence-electron chi connectivity index (χ3n) is 2.75. The monoisotopic (exact) mass is 275 g/mol. The molecule has 0 spiro atoms. The number of para-hydroxylation sites is 1. The predicted molar refractivity (Wildman–Crippen MR) is 74.1 cm³/mol. The van der Waals surface area contributed by atoms with E-state index in [1.165, 1.54) is 11.0 Å². The van der Waals surface area contributed by atoms with Gasteiger partial charge in [0.15, 0.2) is 5.82 Å². The number of amides is 1. The number of nitrogens with zero attached hydrogens (tertiary/aromatic N) is 3. The van der Waals surface area contributed by atoms with E-state index in [2.05, 4.69) is 15.5 Å². The molecule has 20 heavy (non-hydrogen) atoms. The van der Waals surface area contributed by atoms with Crippen molar-refractivity contribution in [2.24, 2.45) is 0 Å². The number of methoxy groups -OCH3 is 1. The fourth-order valence-corrected chi connectivity index (χ4v) is 1.82. The molecule has 106 valence electrons. The topological polar surface area (TPSA) is 95.1 Å². The summed E-state index contributed by atoms with van der Waals surface area (Å²) in [6.07, 6.45) is 2.10. The van der Waals surface area contributed by atoms with Crippen LogP contribution in [0.25, 0.3) is 0 Å². The van der Waals surface area contributed by atoms with Gasteiger partial charge in [-0.1, -0.05) is 18.2 Å². The second kappa shape index (κ2) is 6.55. The van der Waals surface area contributed by atoms with Gasteiger partial charge in [-0.25, -0.2) is 0 Å². The zero-order valence-corrected chi connectivity index (χ0v) is 11.2. The summed E-state index contributed by atoms with van der Waals surface area (Å²) >= 11 is 0. The van der Waals surface area contributed by atoms with Gasteiger partial charge in [0.25, 0.3) is 0 Å². The molecule has 0 bridgehead atoms. The summed E-state index contributed by atoms with van der Waals surface area (Å²) < 4.78 is 5.25. The smallest absolute Gasteiger partial charge is 0.243 e. The number of aromatic nitrogens is 3. The van der Waals surface area contributed by atoms with Crippen LogP contribution in [0.4, 0.5) is 5.82 Å². The molecule has 1 aromatic heterocycles. The van der Waals surface area contributed by atoms with Gasteiger partial charge in [0.1, 0.15) is 12.3 Å². The van der Waals surface area contributed by atoms with Crippen LogP contribution in [0.1, 0.15) is 5.56 Å². The molecule has 0 atom stereocenters. The fourth-order valence-electron chi connectivity index (χ4n) is 1.82. The molecule has 0 radical (unpaired) electrons. The minimum absolute atomic E-state index is 0.0587. The number of nitrogen functional groups attached to an aromatic ring is 1. The number of anilines is 1. The minimum Gasteiger partial charge on any atom is -0.496 e. The number of benzene rings is 1. The maximum Gasteiger partial charge on any atom is 0.243 e. The van der Waals surface area contributed by atoms with Crippen molar-refractivity contribution in [1.29, 1.82) is 0 Å². The van der Waals surface area contributed by atoms with Crippen LogP contribution in [-0.2, 0) is 17.8 Å². The highest BCUT2D eigenvalue weighted by atomic mass is 16.5. The first kappa shape index (κ1) is 13.9.